The molecule has 8 aliphatic heterocycles. The van der Waals surface area contributed by atoms with E-state index in [4.69, 9.17) is 56.4 Å². The molecule has 8 aliphatic rings. The molecule has 0 aliphatic carbocycles. The zero-order valence-corrected chi connectivity index (χ0v) is 59.1. The van der Waals surface area contributed by atoms with Crippen molar-refractivity contribution in [3.63, 3.8) is 0 Å². The minimum absolute atomic E-state index is 0.00250. The molecule has 0 aromatic heterocycles. The molecule has 4 aromatic rings. The van der Waals surface area contributed by atoms with Crippen LogP contribution in [0.3, 0.4) is 0 Å². The van der Waals surface area contributed by atoms with Crippen LogP contribution in [0.4, 0.5) is 0 Å². The second-order valence-corrected chi connectivity index (χ2v) is 30.0. The fourth-order valence-electron chi connectivity index (χ4n) is 14.7. The predicted molar refractivity (Wildman–Crippen MR) is 373 cm³/mol. The molecule has 0 spiro atoms. The molecule has 15 nitrogen and oxygen atoms in total. The number of nitrogens with zero attached hydrogens (tertiary/aromatic N) is 9. The molecule has 12 rings (SSSR count). The number of carboxylic acids is 1. The van der Waals surface area contributed by atoms with Crippen molar-refractivity contribution in [2.75, 3.05) is 52.4 Å². The molecule has 21 heteroatoms. The van der Waals surface area contributed by atoms with Crippen molar-refractivity contribution in [3.8, 4) is 0 Å². The summed E-state index contributed by atoms with van der Waals surface area (Å²) in [5.74, 6) is -1.13. The largest absolute Gasteiger partial charge is 0.480 e. The number of allylic oxidation sites excluding steroid dienone is 2. The number of carboxylic acid groups (broad SMARTS) is 1. The summed E-state index contributed by atoms with van der Waals surface area (Å²) in [6, 6.07) is 30.5. The van der Waals surface area contributed by atoms with E-state index in [-0.39, 0.29) is 53.7 Å². The molecule has 0 saturated carbocycles. The van der Waals surface area contributed by atoms with Crippen molar-refractivity contribution in [3.05, 3.63) is 161 Å². The average molecular weight is 1360 g/mol. The third kappa shape index (κ3) is 13.6. The number of nitrogens with one attached hydrogen (secondary N) is 1. The molecule has 10 atom stereocenters. The fourth-order valence-corrected chi connectivity index (χ4v) is 17.9. The normalized spacial score (nSPS) is 28.3. The number of carbonyl (C=O) groups excluding carboxylic acids is 3. The molecule has 0 bridgehead atoms. The topological polar surface area (TPSA) is 148 Å². The first kappa shape index (κ1) is 68.8. The highest BCUT2D eigenvalue weighted by molar-refractivity contribution is 8.18. The standard InChI is InChI=1S/C35H43Cl2N5O2S.C28H29Cl2N3O3S.C7H16N2/c1-7-39-18-19-40(20-23(39)5)32(43)28-17-8-22(4)41(28)33(44)30-29(21(2)3)42-31(24-9-13-26(36)14-10-24)35(6,38-34(42)45-30)25-11-15-27(37)16-12-25;1-15(2)22-23(25(34)32-16(3)5-14-21(32)26(35)36)37-27-31-28(4,18-8-12-20(30)13-9-18)24(33(22)27)17-6-10-19(29)11-7-17;1-3-9-5-4-8-6-7(9)2/h9-16,21-23,28,31H,7-8,17-20H2,1-6H3;6-13,15-16,21,24H,5,14H2,1-4H3,(H,35,36);7-8H,3-6H2,1-2H3/t22-,23+,28+,31-,35+;16-,21+,24-,28+;7-/m110/s1. The fraction of sp³-hybridized carbons (Fsp3) is 0.514. The number of fused-ring (bicyclic) bond motifs is 2. The number of hydrogen-bond donors (Lipinski definition) is 2. The van der Waals surface area contributed by atoms with Crippen molar-refractivity contribution in [1.29, 1.82) is 0 Å². The summed E-state index contributed by atoms with van der Waals surface area (Å²) in [4.78, 5) is 81.1. The summed E-state index contributed by atoms with van der Waals surface area (Å²) >= 11 is 27.8. The third-order valence-electron chi connectivity index (χ3n) is 19.6. The number of likely N-dealkylation sites (tertiary alicyclic amines) is 2. The highest BCUT2D eigenvalue weighted by atomic mass is 35.5. The van der Waals surface area contributed by atoms with E-state index >= 15 is 0 Å². The SMILES string of the molecule is CC(C)C1=C(C(=O)N2[C@H](C)CC[C@H]2C(=O)O)SC2=N[C@@](C)(c3ccc(Cl)cc3)[C@@H](c3ccc(Cl)cc3)N21.CCN1CCN(C(=O)[C@@H]2CC[C@@H](C)N2C(=O)C2=C(C(C)C)N3C(=N[C@@](C)(c4ccc(Cl)cc4)[C@H]3c3ccc(Cl)cc3)S2)C[C@@H]1C.CCN1CCNC[C@@H]1C. The quantitative estimate of drug-likeness (QED) is 0.139. The maximum Gasteiger partial charge on any atom is 0.326 e. The van der Waals surface area contributed by atoms with E-state index in [9.17, 15) is 24.3 Å². The number of aliphatic imine (C=N–C) groups is 2. The molecular formula is C70H88Cl4N10O5S2. The van der Waals surface area contributed by atoms with Crippen LogP contribution in [0.5, 0.6) is 0 Å². The molecule has 8 heterocycles. The predicted octanol–water partition coefficient (Wildman–Crippen LogP) is 14.2. The Balaban J connectivity index is 0.000000178. The summed E-state index contributed by atoms with van der Waals surface area (Å²) in [5.41, 5.74) is 4.67. The van der Waals surface area contributed by atoms with Crippen molar-refractivity contribution >= 4 is 104 Å². The van der Waals surface area contributed by atoms with E-state index in [1.807, 2.05) is 102 Å². The number of thioether (sulfide) groups is 2. The lowest BCUT2D eigenvalue weighted by molar-refractivity contribution is -0.147. The monoisotopic (exact) mass is 1350 g/mol. The van der Waals surface area contributed by atoms with E-state index in [0.29, 0.717) is 68.3 Å². The lowest BCUT2D eigenvalue weighted by atomic mass is 9.81. The van der Waals surface area contributed by atoms with Crippen LogP contribution < -0.4 is 5.32 Å². The van der Waals surface area contributed by atoms with Gasteiger partial charge in [0.05, 0.1) is 12.1 Å². The molecule has 0 radical (unpaired) electrons. The van der Waals surface area contributed by atoms with Crippen LogP contribution in [0.2, 0.25) is 20.1 Å². The Morgan fingerprint density at radius 3 is 1.33 bits per heavy atom. The van der Waals surface area contributed by atoms with Gasteiger partial charge in [0, 0.05) is 94.9 Å². The molecule has 0 unspecified atom stereocenters. The zero-order chi connectivity index (χ0) is 65.5. The first-order valence-electron chi connectivity index (χ1n) is 32.3. The number of hydrogen-bond acceptors (Lipinski definition) is 13. The van der Waals surface area contributed by atoms with Gasteiger partial charge in [-0.05, 0) is 186 Å². The summed E-state index contributed by atoms with van der Waals surface area (Å²) < 4.78 is 0. The Bertz CT molecular complexity index is 3480. The second-order valence-electron chi connectivity index (χ2n) is 26.3. The highest BCUT2D eigenvalue weighted by Crippen LogP contribution is 2.59. The summed E-state index contributed by atoms with van der Waals surface area (Å²) in [6.07, 6.45) is 2.64. The van der Waals surface area contributed by atoms with Crippen LogP contribution in [0, 0.1) is 11.8 Å². The number of halogens is 4. The van der Waals surface area contributed by atoms with Gasteiger partial charge in [0.15, 0.2) is 10.3 Å². The molecule has 3 amide bonds. The van der Waals surface area contributed by atoms with Crippen LogP contribution in [-0.4, -0.2) is 162 Å². The van der Waals surface area contributed by atoms with Crippen LogP contribution in [0.25, 0.3) is 0 Å². The Hall–Kier alpha value is -5.08. The first-order valence-corrected chi connectivity index (χ1v) is 35.5. The van der Waals surface area contributed by atoms with Crippen LogP contribution in [0.15, 0.2) is 128 Å². The summed E-state index contributed by atoms with van der Waals surface area (Å²) in [7, 11) is 0. The van der Waals surface area contributed by atoms with Gasteiger partial charge >= 0.3 is 5.97 Å². The van der Waals surface area contributed by atoms with Gasteiger partial charge in [-0.3, -0.25) is 24.2 Å². The minimum Gasteiger partial charge on any atom is -0.480 e. The van der Waals surface area contributed by atoms with Gasteiger partial charge in [-0.15, -0.1) is 0 Å². The molecule has 4 aromatic carbocycles. The second kappa shape index (κ2) is 28.5. The van der Waals surface area contributed by atoms with Gasteiger partial charge in [-0.2, -0.15) is 0 Å². The van der Waals surface area contributed by atoms with Gasteiger partial charge < -0.3 is 34.9 Å². The third-order valence-corrected chi connectivity index (χ3v) is 22.8. The van der Waals surface area contributed by atoms with Gasteiger partial charge in [0.1, 0.15) is 33.0 Å². The number of benzene rings is 4. The molecule has 4 fully saturated rings. The Morgan fingerprint density at radius 1 is 0.560 bits per heavy atom. The molecule has 91 heavy (non-hydrogen) atoms. The number of amidine groups is 2. The molecule has 488 valence electrons. The first-order chi connectivity index (χ1) is 43.3. The average Bonchev–Trinajstić information content (AvgIpc) is 1.57. The van der Waals surface area contributed by atoms with E-state index in [1.165, 1.54) is 36.6 Å². The minimum atomic E-state index is -0.959. The van der Waals surface area contributed by atoms with E-state index in [1.54, 1.807) is 4.90 Å². The molecular weight excluding hydrogens is 1270 g/mol. The Labute approximate surface area is 567 Å². The van der Waals surface area contributed by atoms with Crippen LogP contribution in [-0.2, 0) is 30.3 Å². The Kier molecular flexibility index (Phi) is 21.5. The Morgan fingerprint density at radius 2 is 0.956 bits per heavy atom. The maximum absolute atomic E-state index is 14.7. The van der Waals surface area contributed by atoms with Crippen molar-refractivity contribution in [2.45, 2.75) is 168 Å². The maximum atomic E-state index is 14.7. The van der Waals surface area contributed by atoms with Gasteiger partial charge in [0.25, 0.3) is 11.8 Å². The van der Waals surface area contributed by atoms with E-state index in [2.05, 4.69) is 113 Å². The number of carbonyl (C=O) groups is 4. The van der Waals surface area contributed by atoms with E-state index in [0.717, 1.165) is 82.6 Å². The molecule has 2 N–H and O–H groups in total. The zero-order valence-electron chi connectivity index (χ0n) is 54.4. The number of likely N-dealkylation sites (N-methyl/N-ethyl adjacent to an activating group) is 2. The lowest BCUT2D eigenvalue weighted by Gasteiger charge is -2.41. The van der Waals surface area contributed by atoms with Crippen LogP contribution >= 0.6 is 69.9 Å². The van der Waals surface area contributed by atoms with Crippen molar-refractivity contribution in [2.24, 2.45) is 21.8 Å². The highest BCUT2D eigenvalue weighted by Gasteiger charge is 2.57. The lowest BCUT2D eigenvalue weighted by Crippen LogP contribution is -2.57. The summed E-state index contributed by atoms with van der Waals surface area (Å²) in [5, 5.41) is 17.3. The van der Waals surface area contributed by atoms with Crippen molar-refractivity contribution in [1.82, 2.24) is 39.6 Å². The smallest absolute Gasteiger partial charge is 0.326 e. The van der Waals surface area contributed by atoms with Gasteiger partial charge in [0.2, 0.25) is 5.91 Å². The summed E-state index contributed by atoms with van der Waals surface area (Å²) in [6.45, 7) is 33.5. The van der Waals surface area contributed by atoms with Gasteiger partial charge in [-0.1, -0.05) is 136 Å². The molecule has 4 saturated heterocycles. The number of piperazine rings is 2. The van der Waals surface area contributed by atoms with Gasteiger partial charge in [-0.25, -0.2) is 14.8 Å². The van der Waals surface area contributed by atoms with E-state index < -0.39 is 29.1 Å². The number of amides is 3. The van der Waals surface area contributed by atoms with Crippen LogP contribution in [0.1, 0.15) is 143 Å². The number of aliphatic carboxylic acids is 1. The van der Waals surface area contributed by atoms with Crippen molar-refractivity contribution < 1.29 is 24.3 Å². The number of rotatable bonds is 12.